The van der Waals surface area contributed by atoms with Gasteiger partial charge in [0.2, 0.25) is 0 Å². The average molecular weight is 418 g/mol. The van der Waals surface area contributed by atoms with Crippen molar-refractivity contribution in [3.63, 3.8) is 0 Å². The Hall–Kier alpha value is -2.09. The van der Waals surface area contributed by atoms with Crippen LogP contribution in [0.1, 0.15) is 27.4 Å². The molecule has 0 saturated heterocycles. The highest BCUT2D eigenvalue weighted by molar-refractivity contribution is 9.10. The van der Waals surface area contributed by atoms with Crippen LogP contribution in [-0.2, 0) is 6.42 Å². The van der Waals surface area contributed by atoms with Crippen molar-refractivity contribution in [3.8, 4) is 11.5 Å². The van der Waals surface area contributed by atoms with Gasteiger partial charge in [0, 0.05) is 6.54 Å². The number of hydrogen-bond donors (Lipinski definition) is 1. The lowest BCUT2D eigenvalue weighted by Crippen LogP contribution is -2.26. The molecule has 0 bridgehead atoms. The zero-order chi connectivity index (χ0) is 18.6. The van der Waals surface area contributed by atoms with Crippen LogP contribution in [0.2, 0.25) is 0 Å². The fourth-order valence-corrected chi connectivity index (χ4v) is 2.93. The van der Waals surface area contributed by atoms with Gasteiger partial charge in [-0.05, 0) is 53.9 Å². The Kier molecular flexibility index (Phi) is 6.41. The third-order valence-corrected chi connectivity index (χ3v) is 4.51. The SMILES string of the molecule is COc1ccc(CCNC(=O)c2c(C)oc(C)c2Br)cc1OC(F)F. The molecular weight excluding hydrogens is 400 g/mol. The third kappa shape index (κ3) is 4.72. The number of furan rings is 1. The highest BCUT2D eigenvalue weighted by atomic mass is 79.9. The summed E-state index contributed by atoms with van der Waals surface area (Å²) >= 11 is 3.33. The van der Waals surface area contributed by atoms with Crippen molar-refractivity contribution in [1.82, 2.24) is 5.32 Å². The number of benzene rings is 1. The Balaban J connectivity index is 2.00. The summed E-state index contributed by atoms with van der Waals surface area (Å²) < 4.78 is 40.3. The first kappa shape index (κ1) is 19.2. The minimum Gasteiger partial charge on any atom is -0.493 e. The molecule has 1 N–H and O–H groups in total. The lowest BCUT2D eigenvalue weighted by Gasteiger charge is -2.12. The van der Waals surface area contributed by atoms with Gasteiger partial charge in [-0.3, -0.25) is 4.79 Å². The second-order valence-electron chi connectivity index (χ2n) is 5.27. The molecule has 0 radical (unpaired) electrons. The quantitative estimate of drug-likeness (QED) is 0.731. The molecule has 0 saturated carbocycles. The number of amides is 1. The van der Waals surface area contributed by atoms with Crippen LogP contribution in [0.3, 0.4) is 0 Å². The van der Waals surface area contributed by atoms with E-state index in [0.29, 0.717) is 34.5 Å². The minimum atomic E-state index is -2.94. The minimum absolute atomic E-state index is 0.0367. The molecule has 0 spiro atoms. The van der Waals surface area contributed by atoms with Gasteiger partial charge in [0.1, 0.15) is 11.5 Å². The first-order valence-electron chi connectivity index (χ1n) is 7.49. The van der Waals surface area contributed by atoms with Gasteiger partial charge in [0.15, 0.2) is 11.5 Å². The van der Waals surface area contributed by atoms with E-state index in [1.165, 1.54) is 13.2 Å². The molecule has 0 aliphatic heterocycles. The fourth-order valence-electron chi connectivity index (χ4n) is 2.39. The summed E-state index contributed by atoms with van der Waals surface area (Å²) in [4.78, 5) is 12.3. The van der Waals surface area contributed by atoms with Crippen LogP contribution in [0, 0.1) is 13.8 Å². The molecule has 0 aliphatic rings. The molecule has 25 heavy (non-hydrogen) atoms. The van der Waals surface area contributed by atoms with Crippen molar-refractivity contribution in [2.45, 2.75) is 26.9 Å². The second kappa shape index (κ2) is 8.33. The molecular formula is C17H18BrF2NO4. The van der Waals surface area contributed by atoms with Gasteiger partial charge in [-0.15, -0.1) is 0 Å². The van der Waals surface area contributed by atoms with Crippen molar-refractivity contribution in [1.29, 1.82) is 0 Å². The van der Waals surface area contributed by atoms with Crippen LogP contribution in [0.4, 0.5) is 8.78 Å². The van der Waals surface area contributed by atoms with Crippen LogP contribution < -0.4 is 14.8 Å². The summed E-state index contributed by atoms with van der Waals surface area (Å²) in [5.74, 6) is 1.08. The number of alkyl halides is 2. The zero-order valence-corrected chi connectivity index (χ0v) is 15.6. The molecule has 2 rings (SSSR count). The van der Waals surface area contributed by atoms with Gasteiger partial charge in [-0.1, -0.05) is 6.07 Å². The number of halogens is 3. The van der Waals surface area contributed by atoms with Gasteiger partial charge < -0.3 is 19.2 Å². The van der Waals surface area contributed by atoms with Crippen LogP contribution in [0.15, 0.2) is 27.1 Å². The normalized spacial score (nSPS) is 10.8. The Morgan fingerprint density at radius 1 is 1.28 bits per heavy atom. The summed E-state index contributed by atoms with van der Waals surface area (Å²) in [5, 5.41) is 2.78. The number of aryl methyl sites for hydroxylation is 2. The molecule has 1 heterocycles. The highest BCUT2D eigenvalue weighted by Gasteiger charge is 2.19. The van der Waals surface area contributed by atoms with Gasteiger partial charge in [-0.2, -0.15) is 8.78 Å². The highest BCUT2D eigenvalue weighted by Crippen LogP contribution is 2.30. The maximum absolute atomic E-state index is 12.4. The summed E-state index contributed by atoms with van der Waals surface area (Å²) in [7, 11) is 1.38. The largest absolute Gasteiger partial charge is 0.493 e. The first-order chi connectivity index (χ1) is 11.8. The fraction of sp³-hybridized carbons (Fsp3) is 0.353. The molecule has 2 aromatic rings. The summed E-state index contributed by atoms with van der Waals surface area (Å²) in [6.07, 6.45) is 0.447. The van der Waals surface area contributed by atoms with Gasteiger partial charge in [0.05, 0.1) is 17.1 Å². The molecule has 1 amide bonds. The Morgan fingerprint density at radius 2 is 2.00 bits per heavy atom. The van der Waals surface area contributed by atoms with Crippen molar-refractivity contribution in [3.05, 3.63) is 45.3 Å². The lowest BCUT2D eigenvalue weighted by atomic mass is 10.1. The maximum atomic E-state index is 12.4. The molecule has 136 valence electrons. The topological polar surface area (TPSA) is 60.7 Å². The van der Waals surface area contributed by atoms with Crippen molar-refractivity contribution in [2.75, 3.05) is 13.7 Å². The predicted molar refractivity (Wildman–Crippen MR) is 91.5 cm³/mol. The van der Waals surface area contributed by atoms with Gasteiger partial charge in [-0.25, -0.2) is 0 Å². The summed E-state index contributed by atoms with van der Waals surface area (Å²) in [6.45, 7) is 0.864. The third-order valence-electron chi connectivity index (χ3n) is 3.56. The Bertz CT molecular complexity index is 761. The number of carbonyl (C=O) groups is 1. The summed E-state index contributed by atoms with van der Waals surface area (Å²) in [6, 6.07) is 4.75. The van der Waals surface area contributed by atoms with Crippen LogP contribution in [0.25, 0.3) is 0 Å². The molecule has 0 fully saturated rings. The zero-order valence-electron chi connectivity index (χ0n) is 14.0. The van der Waals surface area contributed by atoms with E-state index in [1.54, 1.807) is 26.0 Å². The number of methoxy groups -OCH3 is 1. The van der Waals surface area contributed by atoms with E-state index >= 15 is 0 Å². The maximum Gasteiger partial charge on any atom is 0.387 e. The average Bonchev–Trinajstić information content (AvgIpc) is 2.79. The van der Waals surface area contributed by atoms with Gasteiger partial charge in [0.25, 0.3) is 5.91 Å². The number of hydrogen-bond acceptors (Lipinski definition) is 4. The number of ether oxygens (including phenoxy) is 2. The van der Waals surface area contributed by atoms with E-state index in [0.717, 1.165) is 5.56 Å². The van der Waals surface area contributed by atoms with E-state index in [4.69, 9.17) is 9.15 Å². The van der Waals surface area contributed by atoms with E-state index in [-0.39, 0.29) is 17.4 Å². The van der Waals surface area contributed by atoms with Crippen molar-refractivity contribution >= 4 is 21.8 Å². The predicted octanol–water partition coefficient (Wildman–Crippen LogP) is 4.24. The van der Waals surface area contributed by atoms with E-state index < -0.39 is 6.61 Å². The summed E-state index contributed by atoms with van der Waals surface area (Å²) in [5.41, 5.74) is 1.19. The Labute approximate surface area is 152 Å². The molecule has 0 unspecified atom stereocenters. The van der Waals surface area contributed by atoms with E-state index in [1.807, 2.05) is 0 Å². The van der Waals surface area contributed by atoms with Crippen LogP contribution in [-0.4, -0.2) is 26.2 Å². The van der Waals surface area contributed by atoms with Crippen LogP contribution >= 0.6 is 15.9 Å². The molecule has 1 aromatic heterocycles. The van der Waals surface area contributed by atoms with Crippen LogP contribution in [0.5, 0.6) is 11.5 Å². The molecule has 8 heteroatoms. The van der Waals surface area contributed by atoms with Gasteiger partial charge >= 0.3 is 6.61 Å². The van der Waals surface area contributed by atoms with Crippen molar-refractivity contribution in [2.24, 2.45) is 0 Å². The standard InChI is InChI=1S/C17H18BrF2NO4/c1-9-14(15(18)10(2)24-9)16(22)21-7-6-11-4-5-12(23-3)13(8-11)25-17(19)20/h4-5,8,17H,6-7H2,1-3H3,(H,21,22). The van der Waals surface area contributed by atoms with E-state index in [9.17, 15) is 13.6 Å². The molecule has 0 aliphatic carbocycles. The van der Waals surface area contributed by atoms with E-state index in [2.05, 4.69) is 26.0 Å². The molecule has 0 atom stereocenters. The smallest absolute Gasteiger partial charge is 0.387 e. The number of rotatable bonds is 7. The molecule has 1 aromatic carbocycles. The monoisotopic (exact) mass is 417 g/mol. The number of carbonyl (C=O) groups excluding carboxylic acids is 1. The lowest BCUT2D eigenvalue weighted by molar-refractivity contribution is -0.0512. The van der Waals surface area contributed by atoms with Crippen molar-refractivity contribution < 1.29 is 27.5 Å². The molecule has 5 nitrogen and oxygen atoms in total. The Morgan fingerprint density at radius 3 is 2.56 bits per heavy atom. The second-order valence-corrected chi connectivity index (χ2v) is 6.07. The number of nitrogens with one attached hydrogen (secondary N) is 1. The first-order valence-corrected chi connectivity index (χ1v) is 8.28.